The zero-order valence-electron chi connectivity index (χ0n) is 17.1. The van der Waals surface area contributed by atoms with Gasteiger partial charge in [-0.3, -0.25) is 19.5 Å². The summed E-state index contributed by atoms with van der Waals surface area (Å²) >= 11 is 0. The molecule has 0 radical (unpaired) electrons. The first-order valence-electron chi connectivity index (χ1n) is 10.6. The lowest BCUT2D eigenvalue weighted by Crippen LogP contribution is -2.46. The first kappa shape index (κ1) is 20.4. The van der Waals surface area contributed by atoms with Crippen molar-refractivity contribution < 1.29 is 9.59 Å². The van der Waals surface area contributed by atoms with E-state index in [-0.39, 0.29) is 23.5 Å². The second kappa shape index (κ2) is 9.30. The quantitative estimate of drug-likeness (QED) is 0.752. The normalized spacial score (nSPS) is 19.0. The second-order valence-electron chi connectivity index (χ2n) is 8.19. The summed E-state index contributed by atoms with van der Waals surface area (Å²) in [5.41, 5.74) is 7.34. The minimum Gasteiger partial charge on any atom is -0.384 e. The van der Waals surface area contributed by atoms with Gasteiger partial charge in [-0.25, -0.2) is 9.97 Å². The van der Waals surface area contributed by atoms with Crippen LogP contribution in [0.2, 0.25) is 0 Å². The van der Waals surface area contributed by atoms with Gasteiger partial charge in [0, 0.05) is 50.1 Å². The molecule has 4 heterocycles. The number of amides is 1. The smallest absolute Gasteiger partial charge is 0.225 e. The number of aromatic nitrogens is 3. The van der Waals surface area contributed by atoms with Crippen LogP contribution >= 0.6 is 0 Å². The second-order valence-corrected chi connectivity index (χ2v) is 8.19. The fourth-order valence-corrected chi connectivity index (χ4v) is 4.44. The summed E-state index contributed by atoms with van der Waals surface area (Å²) in [6.07, 6.45) is 9.51. The van der Waals surface area contributed by atoms with Gasteiger partial charge in [0.15, 0.2) is 5.78 Å². The summed E-state index contributed by atoms with van der Waals surface area (Å²) in [5.74, 6) is 0.837. The van der Waals surface area contributed by atoms with Gasteiger partial charge in [0.05, 0.1) is 6.20 Å². The summed E-state index contributed by atoms with van der Waals surface area (Å²) in [6.45, 7) is 3.93. The van der Waals surface area contributed by atoms with Crippen LogP contribution in [0.1, 0.15) is 41.7 Å². The van der Waals surface area contributed by atoms with Crippen LogP contribution in [0.5, 0.6) is 0 Å². The van der Waals surface area contributed by atoms with Gasteiger partial charge in [0.1, 0.15) is 11.5 Å². The number of Topliss-reactive ketones (excluding diaryl/α,β-unsaturated/α-hetero) is 1. The average Bonchev–Trinajstić information content (AvgIpc) is 2.79. The van der Waals surface area contributed by atoms with E-state index < -0.39 is 0 Å². The third-order valence-electron chi connectivity index (χ3n) is 6.18. The van der Waals surface area contributed by atoms with E-state index in [0.717, 1.165) is 38.0 Å². The Morgan fingerprint density at radius 1 is 0.967 bits per heavy atom. The molecule has 0 aliphatic carbocycles. The molecule has 2 saturated heterocycles. The number of carbonyl (C=O) groups is 2. The van der Waals surface area contributed by atoms with Crippen LogP contribution in [0.25, 0.3) is 0 Å². The Kier molecular flexibility index (Phi) is 6.32. The molecule has 4 rings (SSSR count). The van der Waals surface area contributed by atoms with Crippen LogP contribution < -0.4 is 5.73 Å². The molecule has 2 aliphatic rings. The SMILES string of the molecule is Nc1cc(CN2CCC(C(=O)N3CCC(C(=O)c4cnccn4)CC3)CC2)ccn1. The number of nitrogens with two attached hydrogens (primary N) is 1. The summed E-state index contributed by atoms with van der Waals surface area (Å²) in [7, 11) is 0. The minimum absolute atomic E-state index is 0.0419. The Morgan fingerprint density at radius 2 is 1.70 bits per heavy atom. The molecule has 8 heteroatoms. The van der Waals surface area contributed by atoms with E-state index in [1.165, 1.54) is 6.20 Å². The first-order valence-corrected chi connectivity index (χ1v) is 10.6. The molecule has 0 aromatic carbocycles. The molecule has 0 spiro atoms. The number of ketones is 1. The number of nitrogens with zero attached hydrogens (tertiary/aromatic N) is 5. The van der Waals surface area contributed by atoms with Crippen LogP contribution in [-0.4, -0.2) is 62.6 Å². The van der Waals surface area contributed by atoms with Crippen molar-refractivity contribution in [3.8, 4) is 0 Å². The number of piperidine rings is 2. The molecule has 30 heavy (non-hydrogen) atoms. The van der Waals surface area contributed by atoms with Crippen molar-refractivity contribution in [2.24, 2.45) is 11.8 Å². The van der Waals surface area contributed by atoms with Crippen molar-refractivity contribution in [1.82, 2.24) is 24.8 Å². The van der Waals surface area contributed by atoms with E-state index in [4.69, 9.17) is 5.73 Å². The number of likely N-dealkylation sites (tertiary alicyclic amines) is 2. The number of rotatable bonds is 5. The molecule has 2 aromatic rings. The third-order valence-corrected chi connectivity index (χ3v) is 6.18. The van der Waals surface area contributed by atoms with Crippen molar-refractivity contribution >= 4 is 17.5 Å². The molecule has 0 bridgehead atoms. The molecule has 8 nitrogen and oxygen atoms in total. The largest absolute Gasteiger partial charge is 0.384 e. The topological polar surface area (TPSA) is 105 Å². The van der Waals surface area contributed by atoms with Crippen LogP contribution in [-0.2, 0) is 11.3 Å². The van der Waals surface area contributed by atoms with Gasteiger partial charge in [-0.15, -0.1) is 0 Å². The highest BCUT2D eigenvalue weighted by atomic mass is 16.2. The molecule has 0 unspecified atom stereocenters. The highest BCUT2D eigenvalue weighted by molar-refractivity contribution is 5.96. The maximum Gasteiger partial charge on any atom is 0.225 e. The van der Waals surface area contributed by atoms with E-state index in [2.05, 4.69) is 19.9 Å². The molecule has 1 amide bonds. The Hall–Kier alpha value is -2.87. The van der Waals surface area contributed by atoms with Gasteiger partial charge in [0.2, 0.25) is 5.91 Å². The molecule has 0 saturated carbocycles. The Morgan fingerprint density at radius 3 is 2.37 bits per heavy atom. The van der Waals surface area contributed by atoms with Crippen LogP contribution in [0.4, 0.5) is 5.82 Å². The lowest BCUT2D eigenvalue weighted by Gasteiger charge is -2.37. The fourth-order valence-electron chi connectivity index (χ4n) is 4.44. The Bertz CT molecular complexity index is 874. The maximum atomic E-state index is 13.0. The molecular formula is C22H28N6O2. The van der Waals surface area contributed by atoms with E-state index >= 15 is 0 Å². The molecular weight excluding hydrogens is 380 g/mol. The van der Waals surface area contributed by atoms with Gasteiger partial charge in [-0.2, -0.15) is 0 Å². The van der Waals surface area contributed by atoms with Crippen molar-refractivity contribution in [2.75, 3.05) is 31.9 Å². The molecule has 158 valence electrons. The number of anilines is 1. The predicted octanol–water partition coefficient (Wildman–Crippen LogP) is 1.79. The van der Waals surface area contributed by atoms with Gasteiger partial charge in [-0.1, -0.05) is 0 Å². The summed E-state index contributed by atoms with van der Waals surface area (Å²) in [6, 6.07) is 3.89. The number of hydrogen-bond donors (Lipinski definition) is 1. The maximum absolute atomic E-state index is 13.0. The zero-order valence-corrected chi connectivity index (χ0v) is 17.1. The predicted molar refractivity (Wildman–Crippen MR) is 112 cm³/mol. The van der Waals surface area contributed by atoms with E-state index in [1.54, 1.807) is 18.6 Å². The number of hydrogen-bond acceptors (Lipinski definition) is 7. The van der Waals surface area contributed by atoms with Crippen LogP contribution in [0.15, 0.2) is 36.9 Å². The monoisotopic (exact) mass is 408 g/mol. The molecule has 0 atom stereocenters. The highest BCUT2D eigenvalue weighted by Crippen LogP contribution is 2.26. The minimum atomic E-state index is -0.0691. The molecule has 2 aromatic heterocycles. The summed E-state index contributed by atoms with van der Waals surface area (Å²) in [4.78, 5) is 42.0. The average molecular weight is 409 g/mol. The van der Waals surface area contributed by atoms with E-state index in [1.807, 2.05) is 17.0 Å². The number of pyridine rings is 1. The fraction of sp³-hybridized carbons (Fsp3) is 0.500. The van der Waals surface area contributed by atoms with Crippen molar-refractivity contribution in [3.05, 3.63) is 48.2 Å². The van der Waals surface area contributed by atoms with Gasteiger partial charge < -0.3 is 10.6 Å². The van der Waals surface area contributed by atoms with Crippen LogP contribution in [0, 0.1) is 11.8 Å². The lowest BCUT2D eigenvalue weighted by molar-refractivity contribution is -0.138. The lowest BCUT2D eigenvalue weighted by atomic mass is 9.89. The number of carbonyl (C=O) groups excluding carboxylic acids is 2. The van der Waals surface area contributed by atoms with Gasteiger partial charge in [0.25, 0.3) is 0 Å². The molecule has 2 fully saturated rings. The van der Waals surface area contributed by atoms with Gasteiger partial charge >= 0.3 is 0 Å². The molecule has 2 N–H and O–H groups in total. The van der Waals surface area contributed by atoms with Crippen molar-refractivity contribution in [1.29, 1.82) is 0 Å². The van der Waals surface area contributed by atoms with E-state index in [0.29, 0.717) is 37.4 Å². The van der Waals surface area contributed by atoms with E-state index in [9.17, 15) is 9.59 Å². The standard InChI is InChI=1S/C22H28N6O2/c23-20-13-16(1-6-26-20)15-27-9-2-18(3-10-27)22(30)28-11-4-17(5-12-28)21(29)19-14-24-7-8-25-19/h1,6-8,13-14,17-18H,2-5,9-12,15H2,(H2,23,26). The highest BCUT2D eigenvalue weighted by Gasteiger charge is 2.33. The molecule has 2 aliphatic heterocycles. The zero-order chi connectivity index (χ0) is 20.9. The third kappa shape index (κ3) is 4.81. The summed E-state index contributed by atoms with van der Waals surface area (Å²) < 4.78 is 0. The van der Waals surface area contributed by atoms with Crippen molar-refractivity contribution in [2.45, 2.75) is 32.2 Å². The Balaban J connectivity index is 1.24. The number of nitrogen functional groups attached to an aromatic ring is 1. The Labute approximate surface area is 176 Å². The van der Waals surface area contributed by atoms with Gasteiger partial charge in [-0.05, 0) is 56.5 Å². The van der Waals surface area contributed by atoms with Crippen molar-refractivity contribution in [3.63, 3.8) is 0 Å². The summed E-state index contributed by atoms with van der Waals surface area (Å²) in [5, 5.41) is 0. The van der Waals surface area contributed by atoms with Crippen LogP contribution in [0.3, 0.4) is 0 Å². The first-order chi connectivity index (χ1) is 14.6.